The van der Waals surface area contributed by atoms with Gasteiger partial charge in [0.25, 0.3) is 0 Å². The van der Waals surface area contributed by atoms with Crippen LogP contribution in [0.15, 0.2) is 0 Å². The van der Waals surface area contributed by atoms with Gasteiger partial charge in [0.05, 0.1) is 0 Å². The van der Waals surface area contributed by atoms with Crippen LogP contribution in [0.2, 0.25) is 0 Å². The molecule has 0 radical (unpaired) electrons. The topological polar surface area (TPSA) is 34.0 Å². The minimum Gasteiger partial charge on any atom is -0.312 e. The van der Waals surface area contributed by atoms with Crippen LogP contribution >= 0.6 is 0 Å². The molecule has 0 N–H and O–H groups in total. The Balaban J connectivity index is 1.87. The van der Waals surface area contributed by atoms with E-state index in [9.17, 15) is 0 Å². The normalized spacial score (nSPS) is 31.3. The SMILES string of the molecule is CCN1C2CCC1CC(n1c(C)nnc1C(C)C)C2. The highest BCUT2D eigenvalue weighted by molar-refractivity contribution is 5.05. The molecule has 2 atom stereocenters. The van der Waals surface area contributed by atoms with Gasteiger partial charge < -0.3 is 4.57 Å². The summed E-state index contributed by atoms with van der Waals surface area (Å²) in [5, 5.41) is 8.72. The molecule has 4 nitrogen and oxygen atoms in total. The summed E-state index contributed by atoms with van der Waals surface area (Å²) in [7, 11) is 0. The second-order valence-electron chi connectivity index (χ2n) is 6.47. The highest BCUT2D eigenvalue weighted by Gasteiger charge is 2.41. The van der Waals surface area contributed by atoms with Crippen molar-refractivity contribution in [3.8, 4) is 0 Å². The minimum atomic E-state index is 0.461. The van der Waals surface area contributed by atoms with E-state index in [0.717, 1.165) is 17.9 Å². The molecule has 19 heavy (non-hydrogen) atoms. The van der Waals surface area contributed by atoms with Gasteiger partial charge in [-0.25, -0.2) is 0 Å². The van der Waals surface area contributed by atoms with Crippen LogP contribution in [0.25, 0.3) is 0 Å². The first-order valence-corrected chi connectivity index (χ1v) is 7.79. The zero-order valence-corrected chi connectivity index (χ0v) is 12.6. The van der Waals surface area contributed by atoms with Crippen LogP contribution in [0.3, 0.4) is 0 Å². The van der Waals surface area contributed by atoms with E-state index >= 15 is 0 Å². The van der Waals surface area contributed by atoms with E-state index in [1.807, 2.05) is 0 Å². The van der Waals surface area contributed by atoms with Gasteiger partial charge in [-0.05, 0) is 39.2 Å². The molecule has 0 amide bonds. The molecule has 1 aromatic rings. The summed E-state index contributed by atoms with van der Waals surface area (Å²) in [6.45, 7) is 10.0. The van der Waals surface area contributed by atoms with Crippen LogP contribution in [0.4, 0.5) is 0 Å². The fourth-order valence-corrected chi connectivity index (χ4v) is 4.20. The van der Waals surface area contributed by atoms with Gasteiger partial charge in [-0.15, -0.1) is 10.2 Å². The number of hydrogen-bond donors (Lipinski definition) is 0. The first-order valence-electron chi connectivity index (χ1n) is 7.79. The third-order valence-electron chi connectivity index (χ3n) is 5.00. The number of aryl methyl sites for hydroxylation is 1. The Labute approximate surface area is 116 Å². The van der Waals surface area contributed by atoms with Gasteiger partial charge in [-0.3, -0.25) is 4.90 Å². The van der Waals surface area contributed by atoms with Crippen molar-refractivity contribution < 1.29 is 0 Å². The molecule has 0 saturated carbocycles. The van der Waals surface area contributed by atoms with Gasteiger partial charge in [0.15, 0.2) is 0 Å². The van der Waals surface area contributed by atoms with Crippen LogP contribution in [-0.2, 0) is 0 Å². The highest BCUT2D eigenvalue weighted by atomic mass is 15.3. The Kier molecular flexibility index (Phi) is 3.37. The van der Waals surface area contributed by atoms with Crippen LogP contribution < -0.4 is 0 Å². The van der Waals surface area contributed by atoms with Gasteiger partial charge >= 0.3 is 0 Å². The quantitative estimate of drug-likeness (QED) is 0.840. The molecule has 0 aliphatic carbocycles. The summed E-state index contributed by atoms with van der Waals surface area (Å²) in [5.41, 5.74) is 0. The zero-order chi connectivity index (χ0) is 13.6. The molecule has 1 aromatic heterocycles. The number of rotatable bonds is 3. The van der Waals surface area contributed by atoms with Crippen LogP contribution in [-0.4, -0.2) is 38.3 Å². The maximum absolute atomic E-state index is 4.40. The largest absolute Gasteiger partial charge is 0.312 e. The lowest BCUT2D eigenvalue weighted by Crippen LogP contribution is -2.43. The number of aromatic nitrogens is 3. The van der Waals surface area contributed by atoms with Gasteiger partial charge in [0.2, 0.25) is 0 Å². The Hall–Kier alpha value is -0.900. The maximum Gasteiger partial charge on any atom is 0.135 e. The molecule has 106 valence electrons. The van der Waals surface area contributed by atoms with Gasteiger partial charge in [0, 0.05) is 24.0 Å². The molecule has 2 aliphatic heterocycles. The third-order valence-corrected chi connectivity index (χ3v) is 5.00. The van der Waals surface area contributed by atoms with Crippen molar-refractivity contribution in [2.45, 2.75) is 77.4 Å². The Morgan fingerprint density at radius 1 is 1.11 bits per heavy atom. The van der Waals surface area contributed by atoms with Crippen molar-refractivity contribution in [2.24, 2.45) is 0 Å². The molecule has 0 spiro atoms. The summed E-state index contributed by atoms with van der Waals surface area (Å²) in [4.78, 5) is 2.71. The summed E-state index contributed by atoms with van der Waals surface area (Å²) in [6.07, 6.45) is 5.33. The van der Waals surface area contributed by atoms with Crippen molar-refractivity contribution in [1.29, 1.82) is 0 Å². The molecule has 2 unspecified atom stereocenters. The fourth-order valence-electron chi connectivity index (χ4n) is 4.20. The molecule has 4 heteroatoms. The summed E-state index contributed by atoms with van der Waals surface area (Å²) in [5.74, 6) is 2.73. The van der Waals surface area contributed by atoms with Crippen LogP contribution in [0, 0.1) is 6.92 Å². The first kappa shape index (κ1) is 13.1. The van der Waals surface area contributed by atoms with E-state index in [-0.39, 0.29) is 0 Å². The smallest absolute Gasteiger partial charge is 0.135 e. The highest BCUT2D eigenvalue weighted by Crippen LogP contribution is 2.41. The first-order chi connectivity index (χ1) is 9.11. The van der Waals surface area contributed by atoms with Crippen molar-refractivity contribution in [3.05, 3.63) is 11.6 Å². The summed E-state index contributed by atoms with van der Waals surface area (Å²) in [6, 6.07) is 2.19. The molecular formula is C15H26N4. The van der Waals surface area contributed by atoms with Crippen molar-refractivity contribution in [3.63, 3.8) is 0 Å². The van der Waals surface area contributed by atoms with Gasteiger partial charge in [0.1, 0.15) is 11.6 Å². The van der Waals surface area contributed by atoms with E-state index in [4.69, 9.17) is 0 Å². The minimum absolute atomic E-state index is 0.461. The van der Waals surface area contributed by atoms with Crippen LogP contribution in [0.1, 0.15) is 70.1 Å². The molecule has 2 saturated heterocycles. The monoisotopic (exact) mass is 262 g/mol. The summed E-state index contributed by atoms with van der Waals surface area (Å²) >= 11 is 0. The lowest BCUT2D eigenvalue weighted by atomic mass is 9.96. The second-order valence-corrected chi connectivity index (χ2v) is 6.47. The lowest BCUT2D eigenvalue weighted by Gasteiger charge is -2.39. The zero-order valence-electron chi connectivity index (χ0n) is 12.6. The Morgan fingerprint density at radius 3 is 2.26 bits per heavy atom. The molecule has 2 fully saturated rings. The Morgan fingerprint density at radius 2 is 1.74 bits per heavy atom. The number of nitrogens with zero attached hydrogens (tertiary/aromatic N) is 4. The van der Waals surface area contributed by atoms with Gasteiger partial charge in [-0.2, -0.15) is 0 Å². The van der Waals surface area contributed by atoms with Crippen LogP contribution in [0.5, 0.6) is 0 Å². The van der Waals surface area contributed by atoms with E-state index in [0.29, 0.717) is 12.0 Å². The number of fused-ring (bicyclic) bond motifs is 2. The standard InChI is InChI=1S/C15H26N4/c1-5-18-12-6-7-13(18)9-14(8-12)19-11(4)16-17-15(19)10(2)3/h10,12-14H,5-9H2,1-4H3. The Bertz CT molecular complexity index is 437. The predicted molar refractivity (Wildman–Crippen MR) is 76.3 cm³/mol. The van der Waals surface area contributed by atoms with E-state index < -0.39 is 0 Å². The second kappa shape index (κ2) is 4.89. The molecule has 2 aliphatic rings. The average Bonchev–Trinajstić information content (AvgIpc) is 2.87. The van der Waals surface area contributed by atoms with E-state index in [2.05, 4.69) is 47.4 Å². The molecule has 3 rings (SSSR count). The summed E-state index contributed by atoms with van der Waals surface area (Å²) < 4.78 is 2.43. The average molecular weight is 262 g/mol. The molecule has 3 heterocycles. The van der Waals surface area contributed by atoms with E-state index in [1.54, 1.807) is 0 Å². The third kappa shape index (κ3) is 2.10. The number of hydrogen-bond acceptors (Lipinski definition) is 3. The fraction of sp³-hybridized carbons (Fsp3) is 0.867. The van der Waals surface area contributed by atoms with Gasteiger partial charge in [-0.1, -0.05) is 20.8 Å². The van der Waals surface area contributed by atoms with E-state index in [1.165, 1.54) is 38.1 Å². The molecular weight excluding hydrogens is 236 g/mol. The predicted octanol–water partition coefficient (Wildman–Crippen LogP) is 2.90. The molecule has 2 bridgehead atoms. The lowest BCUT2D eigenvalue weighted by molar-refractivity contribution is 0.111. The molecule has 0 aromatic carbocycles. The van der Waals surface area contributed by atoms with Crippen molar-refractivity contribution >= 4 is 0 Å². The van der Waals surface area contributed by atoms with Crippen molar-refractivity contribution in [2.75, 3.05) is 6.54 Å². The number of piperidine rings is 1. The van der Waals surface area contributed by atoms with Crippen molar-refractivity contribution in [1.82, 2.24) is 19.7 Å². The maximum atomic E-state index is 4.40.